The van der Waals surface area contributed by atoms with Crippen LogP contribution in [-0.4, -0.2) is 61.3 Å². The number of amides is 4. The number of nitrogens with one attached hydrogen (secondary N) is 2. The van der Waals surface area contributed by atoms with Crippen molar-refractivity contribution in [3.05, 3.63) is 0 Å². The van der Waals surface area contributed by atoms with Gasteiger partial charge in [-0.3, -0.25) is 4.79 Å². The van der Waals surface area contributed by atoms with Gasteiger partial charge in [0.05, 0.1) is 12.6 Å². The number of imide groups is 1. The Bertz CT molecular complexity index is 869. The fourth-order valence-corrected chi connectivity index (χ4v) is 7.21. The smallest absolute Gasteiger partial charge is 0.417 e. The van der Waals surface area contributed by atoms with E-state index in [9.17, 15) is 19.2 Å². The monoisotopic (exact) mass is 550 g/mol. The van der Waals surface area contributed by atoms with Gasteiger partial charge in [-0.25, -0.2) is 24.3 Å². The van der Waals surface area contributed by atoms with Crippen LogP contribution in [0.3, 0.4) is 0 Å². The Labute approximate surface area is 236 Å². The van der Waals surface area contributed by atoms with E-state index in [0.717, 1.165) is 51.4 Å². The third-order valence-electron chi connectivity index (χ3n) is 7.80. The summed E-state index contributed by atoms with van der Waals surface area (Å²) < 4.78 is 5.47. The lowest BCUT2D eigenvalue weighted by atomic mass is 9.62. The first kappa shape index (κ1) is 34.6. The lowest BCUT2D eigenvalue weighted by molar-refractivity contribution is -0.111. The van der Waals surface area contributed by atoms with Crippen LogP contribution in [0.25, 0.3) is 0 Å². The van der Waals surface area contributed by atoms with Crippen LogP contribution >= 0.6 is 0 Å². The minimum atomic E-state index is -0.652. The molecule has 0 spiro atoms. The molecule has 0 aromatic carbocycles. The molecular formula is C30H54N4O5. The Morgan fingerprint density at radius 1 is 1.00 bits per heavy atom. The lowest BCUT2D eigenvalue weighted by Crippen LogP contribution is -2.54. The van der Waals surface area contributed by atoms with E-state index in [1.807, 2.05) is 27.7 Å². The lowest BCUT2D eigenvalue weighted by Gasteiger charge is -2.47. The molecule has 0 heterocycles. The number of aliphatic imine (C=N–C) groups is 1. The molecular weight excluding hydrogens is 496 g/mol. The molecule has 0 bridgehead atoms. The quantitative estimate of drug-likeness (QED) is 0.145. The summed E-state index contributed by atoms with van der Waals surface area (Å²) in [5.74, 6) is 0. The molecule has 4 unspecified atom stereocenters. The largest absolute Gasteiger partial charge is 0.449 e. The number of carbonyl (C=O) groups excluding carboxylic acids is 4. The van der Waals surface area contributed by atoms with E-state index in [-0.39, 0.29) is 41.5 Å². The highest BCUT2D eigenvalue weighted by Crippen LogP contribution is 2.48. The van der Waals surface area contributed by atoms with E-state index in [4.69, 9.17) is 4.74 Å². The molecule has 4 atom stereocenters. The van der Waals surface area contributed by atoms with Gasteiger partial charge >= 0.3 is 12.1 Å². The van der Waals surface area contributed by atoms with Gasteiger partial charge in [0.1, 0.15) is 0 Å². The Hall–Kier alpha value is -2.41. The zero-order valence-electron chi connectivity index (χ0n) is 25.9. The molecule has 2 rings (SSSR count). The molecule has 2 fully saturated rings. The second kappa shape index (κ2) is 14.8. The SMILES string of the molecule is CC.CCCCOC(=O)N(CC1(C)CC(N=C=O)CC(C)(C)C1)C(=O)NCC1(C)CC(NC=O)CC(C)(C)C1. The van der Waals surface area contributed by atoms with E-state index in [0.29, 0.717) is 13.0 Å². The predicted octanol–water partition coefficient (Wildman–Crippen LogP) is 6.21. The predicted molar refractivity (Wildman–Crippen MR) is 154 cm³/mol. The maximum atomic E-state index is 13.5. The molecule has 4 amide bonds. The van der Waals surface area contributed by atoms with E-state index >= 15 is 0 Å². The summed E-state index contributed by atoms with van der Waals surface area (Å²) in [5, 5.41) is 5.93. The van der Waals surface area contributed by atoms with Gasteiger partial charge in [0.15, 0.2) is 0 Å². The fourth-order valence-electron chi connectivity index (χ4n) is 7.21. The molecule has 0 saturated heterocycles. The van der Waals surface area contributed by atoms with Crippen molar-refractivity contribution >= 4 is 24.6 Å². The van der Waals surface area contributed by atoms with Crippen LogP contribution in [0.1, 0.15) is 114 Å². The van der Waals surface area contributed by atoms with Crippen LogP contribution in [0, 0.1) is 21.7 Å². The summed E-state index contributed by atoms with van der Waals surface area (Å²) in [4.78, 5) is 53.9. The third-order valence-corrected chi connectivity index (χ3v) is 7.80. The van der Waals surface area contributed by atoms with E-state index in [1.54, 1.807) is 6.08 Å². The maximum Gasteiger partial charge on any atom is 0.417 e. The Balaban J connectivity index is 0.00000371. The van der Waals surface area contributed by atoms with E-state index in [1.165, 1.54) is 4.90 Å². The zero-order valence-corrected chi connectivity index (χ0v) is 25.9. The molecule has 0 aliphatic heterocycles. The summed E-state index contributed by atoms with van der Waals surface area (Å²) in [7, 11) is 0. The second-order valence-electron chi connectivity index (χ2n) is 13.7. The fraction of sp³-hybridized carbons (Fsp3) is 0.867. The summed E-state index contributed by atoms with van der Waals surface area (Å²) in [6.07, 6.45) is 8.01. The first-order valence-corrected chi connectivity index (χ1v) is 14.6. The molecule has 2 aliphatic rings. The van der Waals surface area contributed by atoms with Crippen molar-refractivity contribution in [3.63, 3.8) is 0 Å². The minimum Gasteiger partial charge on any atom is -0.449 e. The van der Waals surface area contributed by atoms with Crippen molar-refractivity contribution in [3.8, 4) is 0 Å². The molecule has 2 saturated carbocycles. The van der Waals surface area contributed by atoms with Crippen LogP contribution < -0.4 is 10.6 Å². The topological polar surface area (TPSA) is 117 Å². The highest BCUT2D eigenvalue weighted by atomic mass is 16.6. The highest BCUT2D eigenvalue weighted by Gasteiger charge is 2.45. The summed E-state index contributed by atoms with van der Waals surface area (Å²) in [6, 6.07) is -0.638. The van der Waals surface area contributed by atoms with Crippen molar-refractivity contribution < 1.29 is 23.9 Å². The van der Waals surface area contributed by atoms with Crippen LogP contribution in [0.4, 0.5) is 9.59 Å². The number of carbonyl (C=O) groups is 3. The van der Waals surface area contributed by atoms with E-state index in [2.05, 4.69) is 50.2 Å². The Morgan fingerprint density at radius 3 is 2.21 bits per heavy atom. The van der Waals surface area contributed by atoms with Gasteiger partial charge < -0.3 is 15.4 Å². The van der Waals surface area contributed by atoms with Crippen LogP contribution in [0.2, 0.25) is 0 Å². The van der Waals surface area contributed by atoms with Gasteiger partial charge in [0, 0.05) is 19.1 Å². The number of hydrogen-bond acceptors (Lipinski definition) is 6. The zero-order chi connectivity index (χ0) is 29.9. The number of isocyanates is 1. The Morgan fingerprint density at radius 2 is 1.62 bits per heavy atom. The average Bonchev–Trinajstić information content (AvgIpc) is 2.80. The number of hydrogen-bond donors (Lipinski definition) is 2. The summed E-state index contributed by atoms with van der Waals surface area (Å²) in [5.41, 5.74) is -0.763. The standard InChI is InChI=1S/C28H48N4O5.C2H6/c1-8-9-10-37-24(36)32(18-28(7)14-22(31-20-34)12-26(4,5)16-28)23(35)29-17-27(6)13-21(30-19-33)11-25(2,3)15-27;1-2/h19,21-22H,8-18H2,1-7H3,(H,29,35)(H,30,33);1-2H3. The second-order valence-corrected chi connectivity index (χ2v) is 13.7. The molecule has 0 radical (unpaired) electrons. The molecule has 0 aromatic heterocycles. The Kier molecular flexibility index (Phi) is 13.2. The van der Waals surface area contributed by atoms with Crippen LogP contribution in [-0.2, 0) is 14.3 Å². The highest BCUT2D eigenvalue weighted by molar-refractivity contribution is 5.91. The van der Waals surface area contributed by atoms with Crippen molar-refractivity contribution in [2.45, 2.75) is 126 Å². The van der Waals surface area contributed by atoms with Crippen molar-refractivity contribution in [1.82, 2.24) is 15.5 Å². The van der Waals surface area contributed by atoms with Gasteiger partial charge in [-0.1, -0.05) is 68.7 Å². The number of nitrogens with zero attached hydrogens (tertiary/aromatic N) is 2. The van der Waals surface area contributed by atoms with Gasteiger partial charge in [-0.05, 0) is 66.6 Å². The molecule has 39 heavy (non-hydrogen) atoms. The maximum absolute atomic E-state index is 13.5. The molecule has 224 valence electrons. The molecule has 0 aromatic rings. The van der Waals surface area contributed by atoms with Gasteiger partial charge in [0.2, 0.25) is 12.5 Å². The average molecular weight is 551 g/mol. The summed E-state index contributed by atoms with van der Waals surface area (Å²) in [6.45, 7) is 19.6. The molecule has 2 N–H and O–H groups in total. The first-order chi connectivity index (χ1) is 18.2. The van der Waals surface area contributed by atoms with Crippen molar-refractivity contribution in [2.75, 3.05) is 19.7 Å². The number of rotatable bonds is 10. The van der Waals surface area contributed by atoms with Crippen molar-refractivity contribution in [1.29, 1.82) is 0 Å². The number of urea groups is 1. The minimum absolute atomic E-state index is 0.00639. The normalized spacial score (nSPS) is 28.9. The third kappa shape index (κ3) is 11.3. The molecule has 2 aliphatic carbocycles. The van der Waals surface area contributed by atoms with Crippen LogP contribution in [0.15, 0.2) is 4.99 Å². The van der Waals surface area contributed by atoms with Gasteiger partial charge in [0.25, 0.3) is 0 Å². The first-order valence-electron chi connectivity index (χ1n) is 14.6. The number of unbranched alkanes of at least 4 members (excludes halogenated alkanes) is 1. The van der Waals surface area contributed by atoms with Gasteiger partial charge in [-0.15, -0.1) is 0 Å². The van der Waals surface area contributed by atoms with Crippen LogP contribution in [0.5, 0.6) is 0 Å². The van der Waals surface area contributed by atoms with Crippen molar-refractivity contribution in [2.24, 2.45) is 26.7 Å². The summed E-state index contributed by atoms with van der Waals surface area (Å²) >= 11 is 0. The number of ether oxygens (including phenoxy) is 1. The van der Waals surface area contributed by atoms with E-state index < -0.39 is 17.5 Å². The van der Waals surface area contributed by atoms with Gasteiger partial charge in [-0.2, -0.15) is 0 Å². The molecule has 9 nitrogen and oxygen atoms in total. The molecule has 9 heteroatoms.